The van der Waals surface area contributed by atoms with Crippen LogP contribution in [0.5, 0.6) is 0 Å². The Labute approximate surface area is 357 Å². The van der Waals surface area contributed by atoms with Crippen molar-refractivity contribution in [3.05, 3.63) is 12.2 Å². The maximum Gasteiger partial charge on any atom is 0.220 e. The van der Waals surface area contributed by atoms with Gasteiger partial charge in [0.15, 0.2) is 0 Å². The number of carbonyl (C=O) groups excluding carboxylic acids is 1. The molecule has 0 heterocycles. The fourth-order valence-corrected chi connectivity index (χ4v) is 8.34. The first-order valence-corrected chi connectivity index (χ1v) is 26.0. The zero-order valence-corrected chi connectivity index (χ0v) is 38.7. The van der Waals surface area contributed by atoms with Gasteiger partial charge in [0.25, 0.3) is 0 Å². The third kappa shape index (κ3) is 43.0. The van der Waals surface area contributed by atoms with Crippen molar-refractivity contribution < 1.29 is 20.1 Å². The molecule has 57 heavy (non-hydrogen) atoms. The van der Waals surface area contributed by atoms with E-state index in [4.69, 9.17) is 0 Å². The van der Waals surface area contributed by atoms with Crippen LogP contribution in [-0.4, -0.2) is 46.1 Å². The minimum absolute atomic E-state index is 0.143. The van der Waals surface area contributed by atoms with Crippen LogP contribution >= 0.6 is 0 Å². The number of aliphatic hydroxyl groups is 3. The second kappa shape index (κ2) is 47.8. The van der Waals surface area contributed by atoms with Gasteiger partial charge in [-0.1, -0.05) is 257 Å². The number of aliphatic hydroxyl groups excluding tert-OH is 3. The van der Waals surface area contributed by atoms with Crippen LogP contribution in [-0.2, 0) is 4.79 Å². The number of unbranched alkanes of at least 4 members (excludes halogenated alkanes) is 38. The molecule has 0 aliphatic heterocycles. The summed E-state index contributed by atoms with van der Waals surface area (Å²) in [6.07, 6.45) is 57.7. The minimum atomic E-state index is -1.13. The zero-order valence-electron chi connectivity index (χ0n) is 38.7. The Balaban J connectivity index is 3.55. The van der Waals surface area contributed by atoms with E-state index in [0.29, 0.717) is 12.8 Å². The lowest BCUT2D eigenvalue weighted by atomic mass is 9.99. The molecule has 0 aliphatic carbocycles. The van der Waals surface area contributed by atoms with Gasteiger partial charge in [-0.3, -0.25) is 4.79 Å². The summed E-state index contributed by atoms with van der Waals surface area (Å²) in [5, 5.41) is 33.7. The molecule has 4 N–H and O–H groups in total. The second-order valence-electron chi connectivity index (χ2n) is 18.1. The van der Waals surface area contributed by atoms with E-state index in [1.54, 1.807) is 0 Å². The number of hydrogen-bond donors (Lipinski definition) is 4. The first kappa shape index (κ1) is 56.1. The van der Waals surface area contributed by atoms with Crippen molar-refractivity contribution in [1.29, 1.82) is 0 Å². The molecule has 0 aromatic heterocycles. The van der Waals surface area contributed by atoms with Gasteiger partial charge >= 0.3 is 0 Å². The fourth-order valence-electron chi connectivity index (χ4n) is 8.34. The van der Waals surface area contributed by atoms with Gasteiger partial charge < -0.3 is 20.6 Å². The van der Waals surface area contributed by atoms with Gasteiger partial charge in [-0.15, -0.1) is 0 Å². The van der Waals surface area contributed by atoms with Crippen LogP contribution < -0.4 is 5.32 Å². The second-order valence-corrected chi connectivity index (χ2v) is 18.1. The SMILES string of the molecule is CCCCCCCCCCCCCC/C=C\CCCCCCCCCCC(=O)NC(CO)C(O)C(O)CCCCCCCCCCCCCCCCCCCCC. The molecule has 340 valence electrons. The normalized spacial score (nSPS) is 13.4. The maximum atomic E-state index is 12.5. The van der Waals surface area contributed by atoms with E-state index in [1.807, 2.05) is 0 Å². The summed E-state index contributed by atoms with van der Waals surface area (Å²) in [4.78, 5) is 12.5. The summed E-state index contributed by atoms with van der Waals surface area (Å²) in [6, 6.07) is -0.808. The highest BCUT2D eigenvalue weighted by Gasteiger charge is 2.26. The minimum Gasteiger partial charge on any atom is -0.394 e. The lowest BCUT2D eigenvalue weighted by Gasteiger charge is -2.26. The molecule has 0 fully saturated rings. The van der Waals surface area contributed by atoms with Crippen molar-refractivity contribution in [2.24, 2.45) is 0 Å². The molecule has 3 unspecified atom stereocenters. The average molecular weight is 806 g/mol. The molecular weight excluding hydrogens is 703 g/mol. The van der Waals surface area contributed by atoms with Crippen LogP contribution in [0, 0.1) is 0 Å². The molecule has 5 heteroatoms. The first-order chi connectivity index (χ1) is 28.1. The van der Waals surface area contributed by atoms with Gasteiger partial charge in [-0.2, -0.15) is 0 Å². The van der Waals surface area contributed by atoms with Crippen molar-refractivity contribution in [2.45, 2.75) is 308 Å². The summed E-state index contributed by atoms with van der Waals surface area (Å²) in [6.45, 7) is 4.21. The summed E-state index contributed by atoms with van der Waals surface area (Å²) >= 11 is 0. The lowest BCUT2D eigenvalue weighted by molar-refractivity contribution is -0.124. The molecule has 0 bridgehead atoms. The van der Waals surface area contributed by atoms with Crippen molar-refractivity contribution >= 4 is 5.91 Å². The van der Waals surface area contributed by atoms with E-state index in [9.17, 15) is 20.1 Å². The van der Waals surface area contributed by atoms with Crippen LogP contribution in [0.25, 0.3) is 0 Å². The van der Waals surface area contributed by atoms with E-state index in [1.165, 1.54) is 231 Å². The van der Waals surface area contributed by atoms with Gasteiger partial charge in [0.2, 0.25) is 5.91 Å². The Bertz CT molecular complexity index is 803. The molecule has 0 aromatic rings. The van der Waals surface area contributed by atoms with E-state index in [-0.39, 0.29) is 12.5 Å². The smallest absolute Gasteiger partial charge is 0.220 e. The van der Waals surface area contributed by atoms with Crippen molar-refractivity contribution in [3.63, 3.8) is 0 Å². The molecule has 3 atom stereocenters. The number of rotatable bonds is 48. The Morgan fingerprint density at radius 3 is 1.02 bits per heavy atom. The molecule has 0 rings (SSSR count). The molecule has 0 spiro atoms. The van der Waals surface area contributed by atoms with Gasteiger partial charge in [0, 0.05) is 6.42 Å². The van der Waals surface area contributed by atoms with Crippen LogP contribution in [0.2, 0.25) is 0 Å². The standard InChI is InChI=1S/C52H103NO4/c1-3-5-7-9-11-13-15-17-19-21-23-24-25-26-27-29-31-33-35-37-39-41-43-45-47-51(56)53-49(48-54)52(57)50(55)46-44-42-40-38-36-34-32-30-28-22-20-18-16-14-12-10-8-6-4-2/h26-27,49-50,52,54-55,57H,3-25,28-48H2,1-2H3,(H,53,56)/b27-26-. The summed E-state index contributed by atoms with van der Waals surface area (Å²) in [7, 11) is 0. The highest BCUT2D eigenvalue weighted by atomic mass is 16.3. The predicted octanol–water partition coefficient (Wildman–Crippen LogP) is 15.6. The van der Waals surface area contributed by atoms with E-state index >= 15 is 0 Å². The van der Waals surface area contributed by atoms with Crippen LogP contribution in [0.1, 0.15) is 290 Å². The largest absolute Gasteiger partial charge is 0.394 e. The van der Waals surface area contributed by atoms with E-state index in [2.05, 4.69) is 31.3 Å². The molecule has 0 saturated heterocycles. The molecule has 0 saturated carbocycles. The number of hydrogen-bond acceptors (Lipinski definition) is 4. The topological polar surface area (TPSA) is 89.8 Å². The monoisotopic (exact) mass is 806 g/mol. The zero-order chi connectivity index (χ0) is 41.5. The number of amides is 1. The van der Waals surface area contributed by atoms with Gasteiger partial charge in [-0.25, -0.2) is 0 Å². The quantitative estimate of drug-likeness (QED) is 0.0364. The first-order valence-electron chi connectivity index (χ1n) is 26.0. The van der Waals surface area contributed by atoms with Crippen molar-refractivity contribution in [2.75, 3.05) is 6.61 Å². The lowest BCUT2D eigenvalue weighted by Crippen LogP contribution is -2.50. The third-order valence-corrected chi connectivity index (χ3v) is 12.4. The van der Waals surface area contributed by atoms with Crippen LogP contribution in [0.3, 0.4) is 0 Å². The van der Waals surface area contributed by atoms with Crippen LogP contribution in [0.15, 0.2) is 12.2 Å². The summed E-state index contributed by atoms with van der Waals surface area (Å²) < 4.78 is 0. The van der Waals surface area contributed by atoms with Crippen molar-refractivity contribution in [3.8, 4) is 0 Å². The van der Waals surface area contributed by atoms with E-state index < -0.39 is 18.2 Å². The molecule has 0 radical (unpaired) electrons. The maximum absolute atomic E-state index is 12.5. The highest BCUT2D eigenvalue weighted by Crippen LogP contribution is 2.17. The fraction of sp³-hybridized carbons (Fsp3) is 0.942. The third-order valence-electron chi connectivity index (χ3n) is 12.4. The molecule has 0 aromatic carbocycles. The Morgan fingerprint density at radius 2 is 0.702 bits per heavy atom. The van der Waals surface area contributed by atoms with Gasteiger partial charge in [0.1, 0.15) is 6.10 Å². The Morgan fingerprint density at radius 1 is 0.421 bits per heavy atom. The number of carbonyl (C=O) groups is 1. The van der Waals surface area contributed by atoms with Gasteiger partial charge in [-0.05, 0) is 38.5 Å². The molecular formula is C52H103NO4. The van der Waals surface area contributed by atoms with Gasteiger partial charge in [0.05, 0.1) is 18.8 Å². The Kier molecular flexibility index (Phi) is 47.0. The summed E-state index contributed by atoms with van der Waals surface area (Å²) in [5.41, 5.74) is 0. The number of nitrogens with one attached hydrogen (secondary N) is 1. The van der Waals surface area contributed by atoms with Crippen molar-refractivity contribution in [1.82, 2.24) is 5.32 Å². The average Bonchev–Trinajstić information content (AvgIpc) is 3.22. The summed E-state index contributed by atoms with van der Waals surface area (Å²) in [5.74, 6) is -0.143. The molecule has 1 amide bonds. The molecule has 5 nitrogen and oxygen atoms in total. The van der Waals surface area contributed by atoms with Crippen LogP contribution in [0.4, 0.5) is 0 Å². The Hall–Kier alpha value is -0.910. The predicted molar refractivity (Wildman–Crippen MR) is 250 cm³/mol. The van der Waals surface area contributed by atoms with E-state index in [0.717, 1.165) is 32.1 Å². The highest BCUT2D eigenvalue weighted by molar-refractivity contribution is 5.76. The number of allylic oxidation sites excluding steroid dienone is 2. The molecule has 0 aliphatic rings.